The molecule has 0 bridgehead atoms. The van der Waals surface area contributed by atoms with Crippen molar-refractivity contribution in [2.75, 3.05) is 20.6 Å². The molecule has 0 aromatic carbocycles. The summed E-state index contributed by atoms with van der Waals surface area (Å²) in [6, 6.07) is 3.96. The summed E-state index contributed by atoms with van der Waals surface area (Å²) in [5.41, 5.74) is 1.17. The number of nitrogens with one attached hydrogen (secondary N) is 1. The normalized spacial score (nSPS) is 10.1. The Morgan fingerprint density at radius 2 is 2.31 bits per heavy atom. The first-order chi connectivity index (χ1) is 7.70. The summed E-state index contributed by atoms with van der Waals surface area (Å²) >= 11 is 0. The van der Waals surface area contributed by atoms with Gasteiger partial charge in [-0.1, -0.05) is 6.07 Å². The van der Waals surface area contributed by atoms with E-state index >= 15 is 0 Å². The van der Waals surface area contributed by atoms with Gasteiger partial charge < -0.3 is 10.2 Å². The maximum atomic E-state index is 11.3. The second-order valence-corrected chi connectivity index (χ2v) is 3.93. The van der Waals surface area contributed by atoms with Gasteiger partial charge in [0.25, 0.3) is 0 Å². The Hall–Kier alpha value is -1.42. The van der Waals surface area contributed by atoms with Crippen LogP contribution in [0.1, 0.15) is 18.4 Å². The van der Waals surface area contributed by atoms with E-state index in [9.17, 15) is 4.79 Å². The van der Waals surface area contributed by atoms with Crippen LogP contribution in [0.2, 0.25) is 0 Å². The molecule has 4 nitrogen and oxygen atoms in total. The molecule has 0 aliphatic carbocycles. The molecule has 4 heteroatoms. The second-order valence-electron chi connectivity index (χ2n) is 3.93. The molecule has 0 saturated heterocycles. The summed E-state index contributed by atoms with van der Waals surface area (Å²) in [6.07, 6.45) is 5.08. The average Bonchev–Trinajstić information content (AvgIpc) is 2.29. The number of amides is 1. The summed E-state index contributed by atoms with van der Waals surface area (Å²) in [7, 11) is 3.57. The van der Waals surface area contributed by atoms with Crippen LogP contribution in [-0.2, 0) is 11.3 Å². The summed E-state index contributed by atoms with van der Waals surface area (Å²) in [5.74, 6) is 0.183. The Morgan fingerprint density at radius 1 is 1.50 bits per heavy atom. The predicted molar refractivity (Wildman–Crippen MR) is 63.9 cm³/mol. The van der Waals surface area contributed by atoms with Gasteiger partial charge in [0.1, 0.15) is 0 Å². The molecule has 0 aliphatic rings. The molecule has 1 aromatic heterocycles. The van der Waals surface area contributed by atoms with Crippen molar-refractivity contribution >= 4 is 5.91 Å². The molecule has 0 radical (unpaired) electrons. The first-order valence-corrected chi connectivity index (χ1v) is 5.50. The summed E-state index contributed by atoms with van der Waals surface area (Å²) in [4.78, 5) is 16.9. The Labute approximate surface area is 96.7 Å². The monoisotopic (exact) mass is 221 g/mol. The van der Waals surface area contributed by atoms with E-state index in [4.69, 9.17) is 0 Å². The van der Waals surface area contributed by atoms with Gasteiger partial charge in [0.15, 0.2) is 0 Å². The maximum Gasteiger partial charge on any atom is 0.222 e. The van der Waals surface area contributed by atoms with Crippen LogP contribution in [0.25, 0.3) is 0 Å². The third kappa shape index (κ3) is 4.89. The fourth-order valence-electron chi connectivity index (χ4n) is 1.32. The molecule has 0 fully saturated rings. The first kappa shape index (κ1) is 12.6. The Morgan fingerprint density at radius 3 is 2.94 bits per heavy atom. The van der Waals surface area contributed by atoms with Crippen LogP contribution in [0, 0.1) is 0 Å². The Balaban J connectivity index is 2.07. The zero-order chi connectivity index (χ0) is 11.8. The fourth-order valence-corrected chi connectivity index (χ4v) is 1.32. The summed E-state index contributed by atoms with van der Waals surface area (Å²) in [6.45, 7) is 1.67. The van der Waals surface area contributed by atoms with Crippen LogP contribution in [0.3, 0.4) is 0 Å². The van der Waals surface area contributed by atoms with Gasteiger partial charge in [-0.25, -0.2) is 0 Å². The number of pyridine rings is 1. The van der Waals surface area contributed by atoms with Gasteiger partial charge in [0.05, 0.1) is 0 Å². The quantitative estimate of drug-likeness (QED) is 0.730. The molecular formula is C12H19N3O. The van der Waals surface area contributed by atoms with Crippen LogP contribution in [0.5, 0.6) is 0 Å². The van der Waals surface area contributed by atoms with E-state index in [2.05, 4.69) is 10.3 Å². The van der Waals surface area contributed by atoms with E-state index in [-0.39, 0.29) is 5.91 Å². The molecule has 1 rings (SSSR count). The number of hydrogen-bond donors (Lipinski definition) is 1. The average molecular weight is 221 g/mol. The van der Waals surface area contributed by atoms with Crippen LogP contribution >= 0.6 is 0 Å². The minimum Gasteiger partial charge on any atom is -0.349 e. The minimum absolute atomic E-state index is 0.183. The molecule has 0 spiro atoms. The highest BCUT2D eigenvalue weighted by atomic mass is 16.2. The first-order valence-electron chi connectivity index (χ1n) is 5.50. The SMILES string of the molecule is CN(C)C(=O)CCCNCc1cccnc1. The van der Waals surface area contributed by atoms with Gasteiger partial charge in [-0.15, -0.1) is 0 Å². The lowest BCUT2D eigenvalue weighted by Crippen LogP contribution is -2.23. The van der Waals surface area contributed by atoms with Crippen molar-refractivity contribution < 1.29 is 4.79 Å². The van der Waals surface area contributed by atoms with Crippen molar-refractivity contribution in [2.24, 2.45) is 0 Å². The van der Waals surface area contributed by atoms with E-state index in [0.717, 1.165) is 19.5 Å². The van der Waals surface area contributed by atoms with Gasteiger partial charge in [-0.05, 0) is 24.6 Å². The lowest BCUT2D eigenvalue weighted by molar-refractivity contribution is -0.128. The highest BCUT2D eigenvalue weighted by molar-refractivity contribution is 5.75. The van der Waals surface area contributed by atoms with Crippen molar-refractivity contribution in [3.63, 3.8) is 0 Å². The molecule has 1 aromatic rings. The number of nitrogens with zero attached hydrogens (tertiary/aromatic N) is 2. The standard InChI is InChI=1S/C12H19N3O/c1-15(2)12(16)6-4-8-14-10-11-5-3-7-13-9-11/h3,5,7,9,14H,4,6,8,10H2,1-2H3. The minimum atomic E-state index is 0.183. The van der Waals surface area contributed by atoms with E-state index in [1.807, 2.05) is 18.3 Å². The Bertz CT molecular complexity index is 311. The van der Waals surface area contributed by atoms with E-state index < -0.39 is 0 Å². The molecule has 88 valence electrons. The number of carbonyl (C=O) groups excluding carboxylic acids is 1. The molecule has 16 heavy (non-hydrogen) atoms. The van der Waals surface area contributed by atoms with Gasteiger partial charge in [0, 0.05) is 39.5 Å². The maximum absolute atomic E-state index is 11.3. The third-order valence-electron chi connectivity index (χ3n) is 2.29. The highest BCUT2D eigenvalue weighted by Crippen LogP contribution is 1.96. The molecule has 0 unspecified atom stereocenters. The summed E-state index contributed by atoms with van der Waals surface area (Å²) < 4.78 is 0. The molecule has 0 aliphatic heterocycles. The van der Waals surface area contributed by atoms with Gasteiger partial charge >= 0.3 is 0 Å². The van der Waals surface area contributed by atoms with Crippen molar-refractivity contribution in [1.29, 1.82) is 0 Å². The largest absolute Gasteiger partial charge is 0.349 e. The van der Waals surface area contributed by atoms with Crippen LogP contribution in [0.15, 0.2) is 24.5 Å². The van der Waals surface area contributed by atoms with E-state index in [1.165, 1.54) is 5.56 Å². The smallest absolute Gasteiger partial charge is 0.222 e. The van der Waals surface area contributed by atoms with Crippen molar-refractivity contribution in [3.8, 4) is 0 Å². The number of hydrogen-bond acceptors (Lipinski definition) is 3. The van der Waals surface area contributed by atoms with Crippen molar-refractivity contribution in [3.05, 3.63) is 30.1 Å². The highest BCUT2D eigenvalue weighted by Gasteiger charge is 2.02. The number of aromatic nitrogens is 1. The van der Waals surface area contributed by atoms with Crippen molar-refractivity contribution in [1.82, 2.24) is 15.2 Å². The molecular weight excluding hydrogens is 202 g/mol. The fraction of sp³-hybridized carbons (Fsp3) is 0.500. The van der Waals surface area contributed by atoms with E-state index in [1.54, 1.807) is 25.2 Å². The van der Waals surface area contributed by atoms with Crippen LogP contribution in [0.4, 0.5) is 0 Å². The second kappa shape index (κ2) is 6.95. The zero-order valence-corrected chi connectivity index (χ0v) is 9.94. The Kier molecular flexibility index (Phi) is 5.50. The third-order valence-corrected chi connectivity index (χ3v) is 2.29. The zero-order valence-electron chi connectivity index (χ0n) is 9.94. The predicted octanol–water partition coefficient (Wildman–Crippen LogP) is 1.04. The molecule has 0 atom stereocenters. The van der Waals surface area contributed by atoms with Gasteiger partial charge in [-0.3, -0.25) is 9.78 Å². The molecule has 0 saturated carbocycles. The molecule has 1 amide bonds. The molecule has 1 heterocycles. The van der Waals surface area contributed by atoms with Crippen LogP contribution < -0.4 is 5.32 Å². The lowest BCUT2D eigenvalue weighted by atomic mass is 10.2. The van der Waals surface area contributed by atoms with Gasteiger partial charge in [0.2, 0.25) is 5.91 Å². The van der Waals surface area contributed by atoms with E-state index in [0.29, 0.717) is 6.42 Å². The number of carbonyl (C=O) groups is 1. The topological polar surface area (TPSA) is 45.2 Å². The van der Waals surface area contributed by atoms with Gasteiger partial charge in [-0.2, -0.15) is 0 Å². The molecule has 1 N–H and O–H groups in total. The number of rotatable bonds is 6. The summed E-state index contributed by atoms with van der Waals surface area (Å²) in [5, 5.41) is 3.29. The van der Waals surface area contributed by atoms with Crippen molar-refractivity contribution in [2.45, 2.75) is 19.4 Å². The lowest BCUT2D eigenvalue weighted by Gasteiger charge is -2.10. The van der Waals surface area contributed by atoms with Crippen LogP contribution in [-0.4, -0.2) is 36.4 Å².